The summed E-state index contributed by atoms with van der Waals surface area (Å²) < 4.78 is 5.30. The van der Waals surface area contributed by atoms with Crippen LogP contribution in [0.3, 0.4) is 0 Å². The van der Waals surface area contributed by atoms with Crippen LogP contribution < -0.4 is 5.32 Å². The number of nitrogens with zero attached hydrogens (tertiary/aromatic N) is 1. The Morgan fingerprint density at radius 3 is 2.68 bits per heavy atom. The fourth-order valence-electron chi connectivity index (χ4n) is 4.08. The number of aromatic amines is 1. The largest absolute Gasteiger partial charge is 0.491 e. The first kappa shape index (κ1) is 19.4. The van der Waals surface area contributed by atoms with E-state index in [4.69, 9.17) is 27.9 Å². The zero-order valence-corrected chi connectivity index (χ0v) is 17.2. The zero-order valence-electron chi connectivity index (χ0n) is 15.7. The van der Waals surface area contributed by atoms with Gasteiger partial charge in [0.15, 0.2) is 5.76 Å². The van der Waals surface area contributed by atoms with Gasteiger partial charge in [-0.05, 0) is 62.2 Å². The van der Waals surface area contributed by atoms with Crippen molar-refractivity contribution >= 4 is 46.1 Å². The fraction of sp³-hybridized carbons (Fsp3) is 0.381. The van der Waals surface area contributed by atoms with E-state index in [0.29, 0.717) is 21.7 Å². The van der Waals surface area contributed by atoms with Crippen LogP contribution in [0.5, 0.6) is 0 Å². The SMILES string of the molecule is COC(=CC=Cc1cc2cc(Cl)c(Cl)cc2[nH]1)C(=O)N[C@@H]1CN2CCC1CC2. The van der Waals surface area contributed by atoms with Gasteiger partial charge in [0, 0.05) is 29.2 Å². The lowest BCUT2D eigenvalue weighted by Crippen LogP contribution is -2.57. The summed E-state index contributed by atoms with van der Waals surface area (Å²) in [5.41, 5.74) is 1.79. The van der Waals surface area contributed by atoms with Crippen LogP contribution in [0, 0.1) is 5.92 Å². The Labute approximate surface area is 174 Å². The maximum atomic E-state index is 12.6. The molecule has 0 unspecified atom stereocenters. The summed E-state index contributed by atoms with van der Waals surface area (Å²) in [4.78, 5) is 18.3. The summed E-state index contributed by atoms with van der Waals surface area (Å²) in [5.74, 6) is 0.712. The van der Waals surface area contributed by atoms with E-state index in [1.165, 1.54) is 7.11 Å². The number of allylic oxidation sites excluding steroid dienone is 2. The first-order chi connectivity index (χ1) is 13.5. The van der Waals surface area contributed by atoms with Crippen molar-refractivity contribution in [2.45, 2.75) is 18.9 Å². The smallest absolute Gasteiger partial charge is 0.286 e. The molecule has 0 radical (unpaired) electrons. The minimum Gasteiger partial charge on any atom is -0.491 e. The predicted octanol–water partition coefficient (Wildman–Crippen LogP) is 4.23. The highest BCUT2D eigenvalue weighted by atomic mass is 35.5. The van der Waals surface area contributed by atoms with Gasteiger partial charge in [-0.3, -0.25) is 4.79 Å². The van der Waals surface area contributed by atoms with E-state index in [0.717, 1.165) is 49.1 Å². The van der Waals surface area contributed by atoms with Crippen molar-refractivity contribution < 1.29 is 9.53 Å². The molecule has 5 rings (SSSR count). The van der Waals surface area contributed by atoms with Gasteiger partial charge in [0.05, 0.1) is 17.2 Å². The summed E-state index contributed by atoms with van der Waals surface area (Å²) in [5, 5.41) is 5.15. The number of piperidine rings is 3. The number of rotatable bonds is 5. The molecule has 148 valence electrons. The monoisotopic (exact) mass is 419 g/mol. The molecular weight excluding hydrogens is 397 g/mol. The average molecular weight is 420 g/mol. The predicted molar refractivity (Wildman–Crippen MR) is 114 cm³/mol. The second kappa shape index (κ2) is 8.19. The van der Waals surface area contributed by atoms with E-state index in [9.17, 15) is 4.79 Å². The Bertz CT molecular complexity index is 904. The normalized spacial score (nSPS) is 24.8. The van der Waals surface area contributed by atoms with Crippen LogP contribution in [0.2, 0.25) is 10.0 Å². The second-order valence-corrected chi connectivity index (χ2v) is 8.20. The third-order valence-electron chi connectivity index (χ3n) is 5.62. The number of halogens is 2. The summed E-state index contributed by atoms with van der Waals surface area (Å²) in [6, 6.07) is 5.81. The molecule has 28 heavy (non-hydrogen) atoms. The van der Waals surface area contributed by atoms with E-state index in [2.05, 4.69) is 15.2 Å². The highest BCUT2D eigenvalue weighted by molar-refractivity contribution is 6.42. The number of carbonyl (C=O) groups is 1. The third kappa shape index (κ3) is 4.07. The number of hydrogen-bond donors (Lipinski definition) is 2. The molecule has 3 aliphatic rings. The number of hydrogen-bond acceptors (Lipinski definition) is 3. The zero-order chi connectivity index (χ0) is 19.7. The Morgan fingerprint density at radius 1 is 1.25 bits per heavy atom. The standard InChI is InChI=1S/C21H23Cl2N3O2/c1-28-20(21(27)25-19-12-26-7-5-13(19)6-8-26)4-2-3-15-9-14-10-16(22)17(23)11-18(14)24-15/h2-4,9-11,13,19,24H,5-8,12H2,1H3,(H,25,27)/t19-/m1/s1. The van der Waals surface area contributed by atoms with Crippen LogP contribution >= 0.6 is 23.2 Å². The van der Waals surface area contributed by atoms with Gasteiger partial charge in [-0.2, -0.15) is 0 Å². The lowest BCUT2D eigenvalue weighted by molar-refractivity contribution is -0.122. The molecular formula is C21H23Cl2N3O2. The molecule has 0 aliphatic carbocycles. The van der Waals surface area contributed by atoms with Gasteiger partial charge in [0.2, 0.25) is 0 Å². The number of ether oxygens (including phenoxy) is 1. The summed E-state index contributed by atoms with van der Waals surface area (Å²) in [6.07, 6.45) is 7.67. The fourth-order valence-corrected chi connectivity index (χ4v) is 4.42. The van der Waals surface area contributed by atoms with Crippen LogP contribution in [0.25, 0.3) is 17.0 Å². The number of methoxy groups -OCH3 is 1. The number of fused-ring (bicyclic) bond motifs is 4. The summed E-state index contributed by atoms with van der Waals surface area (Å²) in [6.45, 7) is 3.23. The molecule has 2 aromatic rings. The molecule has 1 amide bonds. The van der Waals surface area contributed by atoms with E-state index < -0.39 is 0 Å². The van der Waals surface area contributed by atoms with E-state index in [1.54, 1.807) is 18.2 Å². The maximum absolute atomic E-state index is 12.6. The first-order valence-electron chi connectivity index (χ1n) is 9.47. The van der Waals surface area contributed by atoms with Gasteiger partial charge in [-0.1, -0.05) is 29.3 Å². The molecule has 5 nitrogen and oxygen atoms in total. The van der Waals surface area contributed by atoms with Crippen molar-refractivity contribution in [3.8, 4) is 0 Å². The quantitative estimate of drug-likeness (QED) is 0.433. The van der Waals surface area contributed by atoms with Gasteiger partial charge in [0.1, 0.15) is 0 Å². The van der Waals surface area contributed by atoms with Gasteiger partial charge in [-0.25, -0.2) is 0 Å². The molecule has 3 saturated heterocycles. The number of benzene rings is 1. The second-order valence-electron chi connectivity index (χ2n) is 7.39. The number of amides is 1. The summed E-state index contributed by atoms with van der Waals surface area (Å²) in [7, 11) is 1.52. The number of nitrogens with one attached hydrogen (secondary N) is 2. The molecule has 1 atom stereocenters. The van der Waals surface area contributed by atoms with Crippen molar-refractivity contribution in [2.24, 2.45) is 5.92 Å². The van der Waals surface area contributed by atoms with Gasteiger partial charge >= 0.3 is 0 Å². The van der Waals surface area contributed by atoms with Crippen molar-refractivity contribution in [3.63, 3.8) is 0 Å². The van der Waals surface area contributed by atoms with E-state index >= 15 is 0 Å². The van der Waals surface area contributed by atoms with Crippen molar-refractivity contribution in [1.29, 1.82) is 0 Å². The molecule has 4 heterocycles. The lowest BCUT2D eigenvalue weighted by atomic mass is 9.84. The van der Waals surface area contributed by atoms with Gasteiger partial charge in [0.25, 0.3) is 5.91 Å². The van der Waals surface area contributed by atoms with Crippen molar-refractivity contribution in [3.05, 3.63) is 51.8 Å². The highest BCUT2D eigenvalue weighted by Gasteiger charge is 2.35. The molecule has 0 saturated carbocycles. The molecule has 1 aromatic heterocycles. The van der Waals surface area contributed by atoms with Crippen LogP contribution in [0.4, 0.5) is 0 Å². The lowest BCUT2D eigenvalue weighted by Gasteiger charge is -2.44. The number of H-pyrrole nitrogens is 1. The van der Waals surface area contributed by atoms with Crippen LogP contribution in [-0.4, -0.2) is 48.6 Å². The average Bonchev–Trinajstić information content (AvgIpc) is 3.08. The Morgan fingerprint density at radius 2 is 2.00 bits per heavy atom. The summed E-state index contributed by atoms with van der Waals surface area (Å²) >= 11 is 12.1. The van der Waals surface area contributed by atoms with Crippen molar-refractivity contribution in [2.75, 3.05) is 26.7 Å². The minimum atomic E-state index is -0.166. The number of aromatic nitrogens is 1. The molecule has 0 spiro atoms. The molecule has 2 N–H and O–H groups in total. The van der Waals surface area contributed by atoms with Gasteiger partial charge in [-0.15, -0.1) is 0 Å². The third-order valence-corrected chi connectivity index (χ3v) is 6.34. The molecule has 3 aliphatic heterocycles. The molecule has 2 bridgehead atoms. The van der Waals surface area contributed by atoms with E-state index in [1.807, 2.05) is 18.2 Å². The van der Waals surface area contributed by atoms with Crippen molar-refractivity contribution in [1.82, 2.24) is 15.2 Å². The molecule has 1 aromatic carbocycles. The molecule has 3 fully saturated rings. The maximum Gasteiger partial charge on any atom is 0.286 e. The highest BCUT2D eigenvalue weighted by Crippen LogP contribution is 2.29. The van der Waals surface area contributed by atoms with Crippen LogP contribution in [0.1, 0.15) is 18.5 Å². The van der Waals surface area contributed by atoms with Gasteiger partial charge < -0.3 is 19.9 Å². The first-order valence-corrected chi connectivity index (χ1v) is 10.2. The Kier molecular flexibility index (Phi) is 5.67. The Balaban J connectivity index is 1.43. The van der Waals surface area contributed by atoms with Crippen LogP contribution in [0.15, 0.2) is 36.1 Å². The van der Waals surface area contributed by atoms with Crippen LogP contribution in [-0.2, 0) is 9.53 Å². The Hall–Kier alpha value is -1.95. The minimum absolute atomic E-state index is 0.166. The topological polar surface area (TPSA) is 57.4 Å². The van der Waals surface area contributed by atoms with E-state index in [-0.39, 0.29) is 11.9 Å². The molecule has 7 heteroatoms. The number of carbonyl (C=O) groups excluding carboxylic acids is 1.